The van der Waals surface area contributed by atoms with Crippen molar-refractivity contribution in [1.29, 1.82) is 0 Å². The van der Waals surface area contributed by atoms with Gasteiger partial charge in [-0.15, -0.1) is 0 Å². The number of phenols is 2. The van der Waals surface area contributed by atoms with Gasteiger partial charge in [-0.05, 0) is 128 Å². The van der Waals surface area contributed by atoms with Gasteiger partial charge in [-0.1, -0.05) is 195 Å². The molecule has 332 valence electrons. The first kappa shape index (κ1) is 47.4. The van der Waals surface area contributed by atoms with E-state index in [1.54, 1.807) is 24.3 Å². The summed E-state index contributed by atoms with van der Waals surface area (Å²) >= 11 is 0. The number of benzene rings is 8. The topological polar surface area (TPSA) is 58.9 Å². The number of hydrogen-bond donors (Lipinski definition) is 2. The number of phenolic OH excluding ortho intramolecular Hbond substituents is 2. The smallest absolute Gasteiger partial charge is 0.119 e. The predicted molar refractivity (Wildman–Crippen MR) is 272 cm³/mol. The summed E-state index contributed by atoms with van der Waals surface area (Å²) in [7, 11) is 0. The first-order valence-electron chi connectivity index (χ1n) is 22.4. The van der Waals surface area contributed by atoms with Crippen LogP contribution in [0.25, 0.3) is 22.3 Å². The van der Waals surface area contributed by atoms with Gasteiger partial charge in [0, 0.05) is 0 Å². The van der Waals surface area contributed by atoms with E-state index in [2.05, 4.69) is 159 Å². The molecule has 0 aliphatic heterocycles. The third-order valence-corrected chi connectivity index (χ3v) is 12.2. The van der Waals surface area contributed by atoms with Crippen LogP contribution in [0.4, 0.5) is 0 Å². The molecule has 4 heteroatoms. The summed E-state index contributed by atoms with van der Waals surface area (Å²) in [6.07, 6.45) is 2.96. The highest BCUT2D eigenvalue weighted by molar-refractivity contribution is 5.87. The number of fused-ring (bicyclic) bond motifs is 6. The van der Waals surface area contributed by atoms with Gasteiger partial charge in [-0.25, -0.2) is 0 Å². The highest BCUT2D eigenvalue weighted by Crippen LogP contribution is 2.57. The fourth-order valence-electron chi connectivity index (χ4n) is 9.66. The number of aromatic hydroxyl groups is 2. The SMILES string of the molecule is C.C.CC.CCC.Oc1ccc(C2(c3ccc(OCCCCOc4ccc(C5(c6ccc(O)cc6)c6ccccc6-c6ccccc65)cc4)cc3)c3ccccc3-c3ccccc32)cc1. The summed E-state index contributed by atoms with van der Waals surface area (Å²) in [5.41, 5.74) is 13.3. The molecule has 0 fully saturated rings. The van der Waals surface area contributed by atoms with Crippen molar-refractivity contribution in [3.8, 4) is 45.3 Å². The number of rotatable bonds is 11. The van der Waals surface area contributed by atoms with E-state index in [0.717, 1.165) is 46.6 Å². The van der Waals surface area contributed by atoms with Gasteiger partial charge >= 0.3 is 0 Å². The molecule has 2 aliphatic rings. The van der Waals surface area contributed by atoms with Crippen LogP contribution in [0.2, 0.25) is 0 Å². The summed E-state index contributed by atoms with van der Waals surface area (Å²) in [4.78, 5) is 0. The number of unbranched alkanes of at least 4 members (excludes halogenated alkanes) is 1. The maximum absolute atomic E-state index is 10.2. The number of hydrogen-bond acceptors (Lipinski definition) is 4. The molecule has 0 heterocycles. The first-order valence-corrected chi connectivity index (χ1v) is 22.4. The average molecular weight is 861 g/mol. The van der Waals surface area contributed by atoms with Crippen LogP contribution in [0, 0.1) is 0 Å². The number of ether oxygens (including phenoxy) is 2. The van der Waals surface area contributed by atoms with Crippen molar-refractivity contribution >= 4 is 0 Å². The van der Waals surface area contributed by atoms with Crippen LogP contribution >= 0.6 is 0 Å². The molecule has 0 atom stereocenters. The molecule has 10 rings (SSSR count). The van der Waals surface area contributed by atoms with Gasteiger partial charge < -0.3 is 19.7 Å². The predicted octanol–water partition coefficient (Wildman–Crippen LogP) is 15.8. The second-order valence-electron chi connectivity index (χ2n) is 15.9. The third kappa shape index (κ3) is 8.54. The van der Waals surface area contributed by atoms with E-state index in [0.29, 0.717) is 13.2 Å². The van der Waals surface area contributed by atoms with Gasteiger partial charge in [0.15, 0.2) is 0 Å². The lowest BCUT2D eigenvalue weighted by Crippen LogP contribution is -2.28. The second kappa shape index (κ2) is 21.1. The second-order valence-corrected chi connectivity index (χ2v) is 15.9. The van der Waals surface area contributed by atoms with E-state index in [9.17, 15) is 10.2 Å². The normalized spacial score (nSPS) is 12.7. The summed E-state index contributed by atoms with van der Waals surface area (Å²) < 4.78 is 12.5. The molecule has 2 N–H and O–H groups in total. The van der Waals surface area contributed by atoms with Gasteiger partial charge in [-0.2, -0.15) is 0 Å². The Morgan fingerprint density at radius 3 is 0.846 bits per heavy atom. The Bertz CT molecular complexity index is 2470. The minimum Gasteiger partial charge on any atom is -0.508 e. The zero-order valence-corrected chi connectivity index (χ0v) is 36.7. The maximum Gasteiger partial charge on any atom is 0.119 e. The van der Waals surface area contributed by atoms with Crippen LogP contribution in [0.5, 0.6) is 23.0 Å². The van der Waals surface area contributed by atoms with Gasteiger partial charge in [-0.3, -0.25) is 0 Å². The Hall–Kier alpha value is -7.04. The highest BCUT2D eigenvalue weighted by atomic mass is 16.5. The van der Waals surface area contributed by atoms with E-state index in [4.69, 9.17) is 9.47 Å². The van der Waals surface area contributed by atoms with Crippen LogP contribution < -0.4 is 9.47 Å². The summed E-state index contributed by atoms with van der Waals surface area (Å²) in [5.74, 6) is 2.17. The van der Waals surface area contributed by atoms with E-state index < -0.39 is 10.8 Å². The molecule has 2 aliphatic carbocycles. The van der Waals surface area contributed by atoms with Gasteiger partial charge in [0.1, 0.15) is 23.0 Å². The summed E-state index contributed by atoms with van der Waals surface area (Å²) in [5, 5.41) is 20.4. The minimum atomic E-state index is -0.521. The average Bonchev–Trinajstić information content (AvgIpc) is 3.81. The molecular formula is C61H64O4. The Labute approximate surface area is 387 Å². The maximum atomic E-state index is 10.2. The Balaban J connectivity index is 0.000000962. The molecular weight excluding hydrogens is 797 g/mol. The molecule has 4 nitrogen and oxygen atoms in total. The van der Waals surface area contributed by atoms with Crippen LogP contribution in [0.3, 0.4) is 0 Å². The lowest BCUT2D eigenvalue weighted by molar-refractivity contribution is 0.266. The molecule has 0 radical (unpaired) electrons. The Kier molecular flexibility index (Phi) is 15.4. The molecule has 65 heavy (non-hydrogen) atoms. The minimum absolute atomic E-state index is 0. The van der Waals surface area contributed by atoms with Crippen LogP contribution in [-0.4, -0.2) is 23.4 Å². The fourth-order valence-corrected chi connectivity index (χ4v) is 9.66. The van der Waals surface area contributed by atoms with Crippen LogP contribution in [0.1, 0.15) is 106 Å². The summed E-state index contributed by atoms with van der Waals surface area (Å²) in [6.45, 7) is 9.43. The van der Waals surface area contributed by atoms with Crippen molar-refractivity contribution in [1.82, 2.24) is 0 Å². The molecule has 0 saturated carbocycles. The third-order valence-electron chi connectivity index (χ3n) is 12.2. The van der Waals surface area contributed by atoms with Crippen molar-refractivity contribution < 1.29 is 19.7 Å². The quantitative estimate of drug-likeness (QED) is 0.127. The zero-order chi connectivity index (χ0) is 43.8. The Morgan fingerprint density at radius 1 is 0.354 bits per heavy atom. The molecule has 0 spiro atoms. The summed E-state index contributed by atoms with van der Waals surface area (Å²) in [6, 6.07) is 66.9. The molecule has 0 amide bonds. The highest BCUT2D eigenvalue weighted by Gasteiger charge is 2.47. The van der Waals surface area contributed by atoms with Crippen LogP contribution in [0.15, 0.2) is 194 Å². The van der Waals surface area contributed by atoms with Crippen molar-refractivity contribution in [2.24, 2.45) is 0 Å². The van der Waals surface area contributed by atoms with Crippen molar-refractivity contribution in [3.05, 3.63) is 239 Å². The van der Waals surface area contributed by atoms with E-state index in [-0.39, 0.29) is 26.4 Å². The van der Waals surface area contributed by atoms with Crippen molar-refractivity contribution in [2.45, 2.75) is 72.6 Å². The molecule has 8 aromatic rings. The molecule has 0 saturated heterocycles. The van der Waals surface area contributed by atoms with Crippen molar-refractivity contribution in [3.63, 3.8) is 0 Å². The molecule has 8 aromatic carbocycles. The standard InChI is InChI=1S/C54H42O4.C3H8.C2H6.2CH4/c55-41-27-19-37(20-28-41)53(49-15-5-1-11-45(49)46-12-2-6-16-50(46)53)39-23-31-43(32-24-39)57-35-9-10-36-58-44-33-25-40(26-34-44)54(38-21-29-42(56)30-22-38)51-17-7-3-13-47(51)48-14-4-8-18-52(48)54;1-3-2;1-2;;/h1-8,11-34,55-56H,9-10,35-36H2;3H2,1-2H3;1-2H3;2*1H4. The molecule has 0 bridgehead atoms. The zero-order valence-electron chi connectivity index (χ0n) is 36.7. The fraction of sp³-hybridized carbons (Fsp3) is 0.213. The van der Waals surface area contributed by atoms with Gasteiger partial charge in [0.2, 0.25) is 0 Å². The Morgan fingerprint density at radius 2 is 0.585 bits per heavy atom. The largest absolute Gasteiger partial charge is 0.508 e. The van der Waals surface area contributed by atoms with E-state index >= 15 is 0 Å². The first-order chi connectivity index (χ1) is 31.0. The molecule has 0 unspecified atom stereocenters. The van der Waals surface area contributed by atoms with E-state index in [1.807, 2.05) is 38.1 Å². The van der Waals surface area contributed by atoms with Gasteiger partial charge in [0.05, 0.1) is 24.0 Å². The molecule has 0 aromatic heterocycles. The van der Waals surface area contributed by atoms with Crippen molar-refractivity contribution in [2.75, 3.05) is 13.2 Å². The van der Waals surface area contributed by atoms with E-state index in [1.165, 1.54) is 50.9 Å². The van der Waals surface area contributed by atoms with Crippen LogP contribution in [-0.2, 0) is 10.8 Å². The lowest BCUT2D eigenvalue weighted by Gasteiger charge is -2.34. The monoisotopic (exact) mass is 860 g/mol. The van der Waals surface area contributed by atoms with Gasteiger partial charge in [0.25, 0.3) is 0 Å². The lowest BCUT2D eigenvalue weighted by atomic mass is 9.68.